The number of nitrogens with one attached hydrogen (secondary N) is 1. The molecule has 0 unspecified atom stereocenters. The van der Waals surface area contributed by atoms with Crippen molar-refractivity contribution in [1.29, 1.82) is 0 Å². The summed E-state index contributed by atoms with van der Waals surface area (Å²) in [6.45, 7) is 10.1. The molecule has 1 aliphatic rings. The Labute approximate surface area is 150 Å². The van der Waals surface area contributed by atoms with E-state index in [0.717, 1.165) is 17.7 Å². The number of amides is 3. The zero-order valence-electron chi connectivity index (χ0n) is 15.9. The molecular formula is C19H29N3O3. The van der Waals surface area contributed by atoms with Crippen LogP contribution in [-0.4, -0.2) is 60.6 Å². The number of urea groups is 1. The maximum atomic E-state index is 12.7. The van der Waals surface area contributed by atoms with Crippen molar-refractivity contribution in [3.8, 4) is 5.75 Å². The third kappa shape index (κ3) is 4.87. The van der Waals surface area contributed by atoms with Crippen LogP contribution in [0.2, 0.25) is 0 Å². The van der Waals surface area contributed by atoms with E-state index in [0.29, 0.717) is 31.7 Å². The number of nitrogens with zero attached hydrogens (tertiary/aromatic N) is 2. The molecule has 1 aromatic rings. The van der Waals surface area contributed by atoms with Gasteiger partial charge in [-0.05, 0) is 51.0 Å². The summed E-state index contributed by atoms with van der Waals surface area (Å²) in [5.74, 6) is 0.816. The molecule has 6 heteroatoms. The summed E-state index contributed by atoms with van der Waals surface area (Å²) in [5, 5.41) is 2.96. The smallest absolute Gasteiger partial charge is 0.317 e. The zero-order chi connectivity index (χ0) is 18.6. The molecule has 1 N–H and O–H groups in total. The van der Waals surface area contributed by atoms with Crippen LogP contribution in [0.5, 0.6) is 5.75 Å². The van der Waals surface area contributed by atoms with Gasteiger partial charge in [-0.1, -0.05) is 6.92 Å². The number of carbonyl (C=O) groups is 2. The van der Waals surface area contributed by atoms with E-state index in [-0.39, 0.29) is 17.5 Å². The Hall–Kier alpha value is -2.24. The molecule has 6 nitrogen and oxygen atoms in total. The number of hydrogen-bond acceptors (Lipinski definition) is 3. The lowest BCUT2D eigenvalue weighted by atomic mass is 10.1. The quantitative estimate of drug-likeness (QED) is 0.914. The number of carbonyl (C=O) groups excluding carboxylic acids is 2. The van der Waals surface area contributed by atoms with Gasteiger partial charge in [-0.15, -0.1) is 0 Å². The first kappa shape index (κ1) is 19.1. The molecule has 0 aromatic heterocycles. The van der Waals surface area contributed by atoms with Crippen molar-refractivity contribution >= 4 is 11.9 Å². The van der Waals surface area contributed by atoms with Crippen molar-refractivity contribution in [2.24, 2.45) is 0 Å². The van der Waals surface area contributed by atoms with E-state index in [1.807, 2.05) is 44.7 Å². The second-order valence-corrected chi connectivity index (χ2v) is 7.34. The van der Waals surface area contributed by atoms with Gasteiger partial charge in [0.25, 0.3) is 5.91 Å². The largest absolute Gasteiger partial charge is 0.496 e. The number of benzene rings is 1. The number of aryl methyl sites for hydroxylation is 1. The molecule has 0 atom stereocenters. The van der Waals surface area contributed by atoms with Crippen LogP contribution in [0.25, 0.3) is 0 Å². The first-order valence-electron chi connectivity index (χ1n) is 8.78. The van der Waals surface area contributed by atoms with Gasteiger partial charge in [0.15, 0.2) is 0 Å². The summed E-state index contributed by atoms with van der Waals surface area (Å²) in [6, 6.07) is 5.48. The van der Waals surface area contributed by atoms with Crippen LogP contribution in [0.1, 0.15) is 43.6 Å². The van der Waals surface area contributed by atoms with E-state index in [1.54, 1.807) is 18.1 Å². The molecule has 1 fully saturated rings. The molecule has 0 radical (unpaired) electrons. The highest BCUT2D eigenvalue weighted by Crippen LogP contribution is 2.21. The topological polar surface area (TPSA) is 61.9 Å². The van der Waals surface area contributed by atoms with Crippen molar-refractivity contribution in [1.82, 2.24) is 15.1 Å². The molecule has 1 aliphatic heterocycles. The van der Waals surface area contributed by atoms with E-state index in [9.17, 15) is 9.59 Å². The molecule has 2 rings (SSSR count). The van der Waals surface area contributed by atoms with E-state index in [4.69, 9.17) is 4.74 Å². The number of piperazine rings is 1. The SMILES string of the molecule is CCc1cc(C(=O)N2CCN(C(=O)NC(C)(C)C)CC2)ccc1OC. The lowest BCUT2D eigenvalue weighted by Gasteiger charge is -2.36. The van der Waals surface area contributed by atoms with E-state index >= 15 is 0 Å². The minimum atomic E-state index is -0.260. The Kier molecular flexibility index (Phi) is 5.93. The molecule has 138 valence electrons. The summed E-state index contributed by atoms with van der Waals surface area (Å²) in [4.78, 5) is 28.5. The first-order valence-corrected chi connectivity index (χ1v) is 8.78. The molecule has 0 saturated carbocycles. The van der Waals surface area contributed by atoms with E-state index < -0.39 is 0 Å². The van der Waals surface area contributed by atoms with Crippen molar-refractivity contribution in [2.75, 3.05) is 33.3 Å². The van der Waals surface area contributed by atoms with Crippen molar-refractivity contribution in [3.63, 3.8) is 0 Å². The fraction of sp³-hybridized carbons (Fsp3) is 0.579. The van der Waals surface area contributed by atoms with Gasteiger partial charge in [-0.25, -0.2) is 4.79 Å². The van der Waals surface area contributed by atoms with Gasteiger partial charge >= 0.3 is 6.03 Å². The lowest BCUT2D eigenvalue weighted by Crippen LogP contribution is -2.56. The second-order valence-electron chi connectivity index (χ2n) is 7.34. The van der Waals surface area contributed by atoms with Crippen molar-refractivity contribution in [2.45, 2.75) is 39.7 Å². The van der Waals surface area contributed by atoms with Crippen LogP contribution in [0.3, 0.4) is 0 Å². The Morgan fingerprint density at radius 2 is 1.72 bits per heavy atom. The van der Waals surface area contributed by atoms with Gasteiger partial charge in [-0.3, -0.25) is 4.79 Å². The Balaban J connectivity index is 1.98. The summed E-state index contributed by atoms with van der Waals surface area (Å²) >= 11 is 0. The van der Waals surface area contributed by atoms with Crippen molar-refractivity contribution in [3.05, 3.63) is 29.3 Å². The highest BCUT2D eigenvalue weighted by Gasteiger charge is 2.26. The van der Waals surface area contributed by atoms with Gasteiger partial charge in [-0.2, -0.15) is 0 Å². The van der Waals surface area contributed by atoms with Gasteiger partial charge in [0.1, 0.15) is 5.75 Å². The third-order valence-electron chi connectivity index (χ3n) is 4.24. The van der Waals surface area contributed by atoms with Crippen LogP contribution >= 0.6 is 0 Å². The minimum absolute atomic E-state index is 0.00762. The Morgan fingerprint density at radius 1 is 1.12 bits per heavy atom. The van der Waals surface area contributed by atoms with Gasteiger partial charge in [0, 0.05) is 37.3 Å². The van der Waals surface area contributed by atoms with Crippen molar-refractivity contribution < 1.29 is 14.3 Å². The lowest BCUT2D eigenvalue weighted by molar-refractivity contribution is 0.0661. The monoisotopic (exact) mass is 347 g/mol. The molecule has 25 heavy (non-hydrogen) atoms. The van der Waals surface area contributed by atoms with E-state index in [2.05, 4.69) is 5.32 Å². The van der Waals surface area contributed by atoms with Crippen LogP contribution in [0.4, 0.5) is 4.79 Å². The molecule has 0 bridgehead atoms. The average molecular weight is 347 g/mol. The highest BCUT2D eigenvalue weighted by atomic mass is 16.5. The molecule has 1 aromatic carbocycles. The number of hydrogen-bond donors (Lipinski definition) is 1. The summed E-state index contributed by atoms with van der Waals surface area (Å²) < 4.78 is 5.32. The van der Waals surface area contributed by atoms with Gasteiger partial charge < -0.3 is 19.9 Å². The fourth-order valence-electron chi connectivity index (χ4n) is 2.88. The molecule has 1 saturated heterocycles. The Bertz CT molecular complexity index is 629. The van der Waals surface area contributed by atoms with Crippen LogP contribution in [-0.2, 0) is 6.42 Å². The second kappa shape index (κ2) is 7.76. The molecule has 0 spiro atoms. The fourth-order valence-corrected chi connectivity index (χ4v) is 2.88. The van der Waals surface area contributed by atoms with Crippen LogP contribution in [0.15, 0.2) is 18.2 Å². The first-order chi connectivity index (χ1) is 11.7. The summed E-state index contributed by atoms with van der Waals surface area (Å²) in [5.41, 5.74) is 1.44. The summed E-state index contributed by atoms with van der Waals surface area (Å²) in [6.07, 6.45) is 0.811. The Morgan fingerprint density at radius 3 is 2.24 bits per heavy atom. The molecular weight excluding hydrogens is 318 g/mol. The molecule has 3 amide bonds. The minimum Gasteiger partial charge on any atom is -0.496 e. The third-order valence-corrected chi connectivity index (χ3v) is 4.24. The number of rotatable bonds is 3. The number of ether oxygens (including phenoxy) is 1. The number of methoxy groups -OCH3 is 1. The van der Waals surface area contributed by atoms with Crippen LogP contribution in [0, 0.1) is 0 Å². The summed E-state index contributed by atoms with van der Waals surface area (Å²) in [7, 11) is 1.64. The predicted octanol–water partition coefficient (Wildman–Crippen LogP) is 2.52. The zero-order valence-corrected chi connectivity index (χ0v) is 15.9. The van der Waals surface area contributed by atoms with Gasteiger partial charge in [0.2, 0.25) is 0 Å². The van der Waals surface area contributed by atoms with Crippen LogP contribution < -0.4 is 10.1 Å². The molecule has 1 heterocycles. The normalized spacial score (nSPS) is 15.1. The molecule has 0 aliphatic carbocycles. The predicted molar refractivity (Wildman–Crippen MR) is 98.1 cm³/mol. The maximum absolute atomic E-state index is 12.7. The maximum Gasteiger partial charge on any atom is 0.317 e. The standard InChI is InChI=1S/C19H29N3O3/c1-6-14-13-15(7-8-16(14)25-5)17(23)21-9-11-22(12-10-21)18(24)20-19(2,3)4/h7-8,13H,6,9-12H2,1-5H3,(H,20,24). The average Bonchev–Trinajstić information content (AvgIpc) is 2.59. The van der Waals surface area contributed by atoms with Gasteiger partial charge in [0.05, 0.1) is 7.11 Å². The highest BCUT2D eigenvalue weighted by molar-refractivity contribution is 5.94. The van der Waals surface area contributed by atoms with E-state index in [1.165, 1.54) is 0 Å².